The zero-order chi connectivity index (χ0) is 11.3. The van der Waals surface area contributed by atoms with Crippen molar-refractivity contribution in [3.8, 4) is 0 Å². The zero-order valence-corrected chi connectivity index (χ0v) is 10.1. The van der Waals surface area contributed by atoms with E-state index in [2.05, 4.69) is 0 Å². The standard InChI is InChI=1S/C10H18FNO2S/c1-8-3-4-12(5-9(8)11)10(2)6-15(13,14)7-10/h8-9H,3-7H2,1-2H3. The first-order valence-electron chi connectivity index (χ1n) is 5.42. The predicted molar refractivity (Wildman–Crippen MR) is 57.3 cm³/mol. The van der Waals surface area contributed by atoms with Crippen LogP contribution in [-0.4, -0.2) is 49.6 Å². The molecule has 0 aromatic carbocycles. The minimum atomic E-state index is -2.83. The number of rotatable bonds is 1. The third-order valence-corrected chi connectivity index (χ3v) is 5.82. The molecule has 0 aromatic rings. The molecule has 0 amide bonds. The van der Waals surface area contributed by atoms with Gasteiger partial charge in [-0.15, -0.1) is 0 Å². The lowest BCUT2D eigenvalue weighted by atomic mass is 9.92. The number of hydrogen-bond donors (Lipinski definition) is 0. The first kappa shape index (κ1) is 11.3. The van der Waals surface area contributed by atoms with Gasteiger partial charge in [0, 0.05) is 12.1 Å². The second kappa shape index (κ2) is 3.42. The third-order valence-electron chi connectivity index (χ3n) is 3.69. The minimum absolute atomic E-state index is 0.113. The Morgan fingerprint density at radius 1 is 1.40 bits per heavy atom. The number of likely N-dealkylation sites (tertiary alicyclic amines) is 1. The van der Waals surface area contributed by atoms with Crippen molar-refractivity contribution >= 4 is 9.84 Å². The second-order valence-electron chi connectivity index (χ2n) is 5.26. The van der Waals surface area contributed by atoms with E-state index in [-0.39, 0.29) is 23.0 Å². The Morgan fingerprint density at radius 3 is 2.47 bits per heavy atom. The topological polar surface area (TPSA) is 37.4 Å². The van der Waals surface area contributed by atoms with Gasteiger partial charge in [-0.2, -0.15) is 0 Å². The number of hydrogen-bond acceptors (Lipinski definition) is 3. The molecule has 5 heteroatoms. The van der Waals surface area contributed by atoms with Gasteiger partial charge in [0.2, 0.25) is 0 Å². The predicted octanol–water partition coefficient (Wildman–Crippen LogP) is 0.853. The van der Waals surface area contributed by atoms with Crippen molar-refractivity contribution in [2.45, 2.75) is 32.0 Å². The maximum absolute atomic E-state index is 13.5. The van der Waals surface area contributed by atoms with E-state index in [9.17, 15) is 12.8 Å². The summed E-state index contributed by atoms with van der Waals surface area (Å²) in [5, 5.41) is 0. The van der Waals surface area contributed by atoms with Crippen molar-refractivity contribution in [3.63, 3.8) is 0 Å². The second-order valence-corrected chi connectivity index (χ2v) is 7.32. The summed E-state index contributed by atoms with van der Waals surface area (Å²) in [5.41, 5.74) is -0.302. The van der Waals surface area contributed by atoms with Crippen molar-refractivity contribution in [2.24, 2.45) is 5.92 Å². The Hall–Kier alpha value is -0.160. The van der Waals surface area contributed by atoms with Gasteiger partial charge in [-0.05, 0) is 25.8 Å². The molecular weight excluding hydrogens is 217 g/mol. The fourth-order valence-electron chi connectivity index (χ4n) is 2.60. The smallest absolute Gasteiger partial charge is 0.153 e. The summed E-state index contributed by atoms with van der Waals surface area (Å²) < 4.78 is 35.9. The van der Waals surface area contributed by atoms with Crippen LogP contribution < -0.4 is 0 Å². The fourth-order valence-corrected chi connectivity index (χ4v) is 4.78. The van der Waals surface area contributed by atoms with Crippen LogP contribution in [0, 0.1) is 5.92 Å². The van der Waals surface area contributed by atoms with Crippen molar-refractivity contribution in [3.05, 3.63) is 0 Å². The van der Waals surface area contributed by atoms with Gasteiger partial charge >= 0.3 is 0 Å². The van der Waals surface area contributed by atoms with Gasteiger partial charge in [-0.1, -0.05) is 6.92 Å². The van der Waals surface area contributed by atoms with Gasteiger partial charge in [0.1, 0.15) is 6.17 Å². The monoisotopic (exact) mass is 235 g/mol. The van der Waals surface area contributed by atoms with Gasteiger partial charge in [-0.25, -0.2) is 12.8 Å². The van der Waals surface area contributed by atoms with E-state index in [1.807, 2.05) is 18.7 Å². The van der Waals surface area contributed by atoms with Crippen molar-refractivity contribution in [1.29, 1.82) is 0 Å². The summed E-state index contributed by atoms with van der Waals surface area (Å²) in [6, 6.07) is 0. The number of piperidine rings is 1. The molecule has 2 atom stereocenters. The molecule has 15 heavy (non-hydrogen) atoms. The molecule has 0 aliphatic carbocycles. The van der Waals surface area contributed by atoms with E-state index in [1.165, 1.54) is 0 Å². The lowest BCUT2D eigenvalue weighted by Gasteiger charge is -2.50. The third kappa shape index (κ3) is 2.04. The van der Waals surface area contributed by atoms with Crippen LogP contribution in [0.5, 0.6) is 0 Å². The first-order chi connectivity index (χ1) is 6.82. The van der Waals surface area contributed by atoms with E-state index >= 15 is 0 Å². The summed E-state index contributed by atoms with van der Waals surface area (Å²) in [6.07, 6.45) is 0.0236. The molecule has 0 spiro atoms. The fraction of sp³-hybridized carbons (Fsp3) is 1.00. The normalized spacial score (nSPS) is 39.7. The number of halogens is 1. The van der Waals surface area contributed by atoms with Crippen LogP contribution in [0.25, 0.3) is 0 Å². The molecule has 88 valence electrons. The van der Waals surface area contributed by atoms with Gasteiger partial charge in [0.15, 0.2) is 9.84 Å². The lowest BCUT2D eigenvalue weighted by Crippen LogP contribution is -2.66. The number of alkyl halides is 1. The maximum atomic E-state index is 13.5. The van der Waals surface area contributed by atoms with E-state index < -0.39 is 16.0 Å². The van der Waals surface area contributed by atoms with Crippen LogP contribution in [0.1, 0.15) is 20.3 Å². The molecule has 2 fully saturated rings. The van der Waals surface area contributed by atoms with E-state index in [1.54, 1.807) is 0 Å². The van der Waals surface area contributed by atoms with Gasteiger partial charge in [-0.3, -0.25) is 4.90 Å². The highest BCUT2D eigenvalue weighted by molar-refractivity contribution is 7.93. The Labute approximate surface area is 90.6 Å². The number of sulfone groups is 1. The lowest BCUT2D eigenvalue weighted by molar-refractivity contribution is 0.0302. The number of nitrogens with zero attached hydrogens (tertiary/aromatic N) is 1. The Kier molecular flexibility index (Phi) is 2.58. The molecule has 2 rings (SSSR count). The quantitative estimate of drug-likeness (QED) is 0.676. The Balaban J connectivity index is 2.01. The summed E-state index contributed by atoms with van der Waals surface area (Å²) in [4.78, 5) is 2.01. The molecule has 2 aliphatic rings. The minimum Gasteiger partial charge on any atom is -0.293 e. The Morgan fingerprint density at radius 2 is 2.00 bits per heavy atom. The van der Waals surface area contributed by atoms with Crippen LogP contribution in [0.4, 0.5) is 4.39 Å². The average molecular weight is 235 g/mol. The largest absolute Gasteiger partial charge is 0.293 e. The summed E-state index contributed by atoms with van der Waals surface area (Å²) in [7, 11) is -2.83. The molecule has 0 aromatic heterocycles. The van der Waals surface area contributed by atoms with Crippen LogP contribution in [0.2, 0.25) is 0 Å². The molecule has 2 aliphatic heterocycles. The molecule has 0 saturated carbocycles. The van der Waals surface area contributed by atoms with Gasteiger partial charge in [0.25, 0.3) is 0 Å². The van der Waals surface area contributed by atoms with Crippen molar-refractivity contribution < 1.29 is 12.8 Å². The molecule has 2 unspecified atom stereocenters. The molecule has 3 nitrogen and oxygen atoms in total. The van der Waals surface area contributed by atoms with Crippen molar-refractivity contribution in [1.82, 2.24) is 4.90 Å². The highest BCUT2D eigenvalue weighted by Crippen LogP contribution is 2.33. The maximum Gasteiger partial charge on any atom is 0.153 e. The van der Waals surface area contributed by atoms with E-state index in [0.717, 1.165) is 13.0 Å². The molecule has 0 bridgehead atoms. The van der Waals surface area contributed by atoms with Gasteiger partial charge < -0.3 is 0 Å². The summed E-state index contributed by atoms with van der Waals surface area (Å²) >= 11 is 0. The molecular formula is C10H18FNO2S. The molecule has 2 saturated heterocycles. The highest BCUT2D eigenvalue weighted by atomic mass is 32.2. The van der Waals surface area contributed by atoms with Crippen LogP contribution in [0.3, 0.4) is 0 Å². The zero-order valence-electron chi connectivity index (χ0n) is 9.24. The highest BCUT2D eigenvalue weighted by Gasteiger charge is 2.50. The van der Waals surface area contributed by atoms with Crippen molar-refractivity contribution in [2.75, 3.05) is 24.6 Å². The van der Waals surface area contributed by atoms with Crippen LogP contribution >= 0.6 is 0 Å². The molecule has 0 radical (unpaired) electrons. The SMILES string of the molecule is CC1CCN(C2(C)CS(=O)(=O)C2)CC1F. The first-order valence-corrected chi connectivity index (χ1v) is 7.24. The van der Waals surface area contributed by atoms with E-state index in [4.69, 9.17) is 0 Å². The average Bonchev–Trinajstić information content (AvgIpc) is 2.06. The summed E-state index contributed by atoms with van der Waals surface area (Å²) in [5.74, 6) is 0.504. The van der Waals surface area contributed by atoms with Gasteiger partial charge in [0.05, 0.1) is 11.5 Å². The van der Waals surface area contributed by atoms with Crippen LogP contribution in [-0.2, 0) is 9.84 Å². The van der Waals surface area contributed by atoms with E-state index in [0.29, 0.717) is 6.54 Å². The van der Waals surface area contributed by atoms with Crippen LogP contribution in [0.15, 0.2) is 0 Å². The summed E-state index contributed by atoms with van der Waals surface area (Å²) in [6.45, 7) is 5.07. The molecule has 2 heterocycles. The molecule has 0 N–H and O–H groups in total. The Bertz CT molecular complexity index is 342.